The van der Waals surface area contributed by atoms with Crippen molar-refractivity contribution in [2.75, 3.05) is 17.7 Å². The van der Waals surface area contributed by atoms with Crippen molar-refractivity contribution < 1.29 is 19.1 Å². The molecule has 0 aliphatic carbocycles. The Morgan fingerprint density at radius 3 is 2.84 bits per heavy atom. The molecule has 25 heavy (non-hydrogen) atoms. The van der Waals surface area contributed by atoms with Crippen molar-refractivity contribution >= 4 is 62.3 Å². The molecule has 6 nitrogen and oxygen atoms in total. The number of thiophene rings is 2. The minimum absolute atomic E-state index is 0.0188. The molecule has 0 saturated heterocycles. The molecule has 2 amide bonds. The van der Waals surface area contributed by atoms with Gasteiger partial charge in [0.05, 0.1) is 23.8 Å². The van der Waals surface area contributed by atoms with Crippen LogP contribution in [-0.2, 0) is 14.3 Å². The Balaban J connectivity index is 1.83. The van der Waals surface area contributed by atoms with E-state index in [-0.39, 0.29) is 30.6 Å². The van der Waals surface area contributed by atoms with Gasteiger partial charge in [-0.15, -0.1) is 34.4 Å². The van der Waals surface area contributed by atoms with Crippen LogP contribution in [0.1, 0.15) is 23.7 Å². The molecule has 0 bridgehead atoms. The lowest BCUT2D eigenvalue weighted by atomic mass is 10.1. The third-order valence-electron chi connectivity index (χ3n) is 3.23. The van der Waals surface area contributed by atoms with Gasteiger partial charge in [0.1, 0.15) is 10.6 Å². The quantitative estimate of drug-likeness (QED) is 0.756. The fourth-order valence-electron chi connectivity index (χ4n) is 2.22. The van der Waals surface area contributed by atoms with Gasteiger partial charge in [0.25, 0.3) is 5.91 Å². The Labute approximate surface area is 156 Å². The molecule has 9 heteroatoms. The molecule has 0 radical (unpaired) electrons. The lowest BCUT2D eigenvalue weighted by Gasteiger charge is -2.08. The van der Waals surface area contributed by atoms with Gasteiger partial charge >= 0.3 is 5.97 Å². The van der Waals surface area contributed by atoms with Crippen LogP contribution in [0.5, 0.6) is 0 Å². The normalized spacial score (nSPS) is 13.6. The molecule has 2 aromatic heterocycles. The molecule has 0 fully saturated rings. The molecule has 0 atom stereocenters. The summed E-state index contributed by atoms with van der Waals surface area (Å²) < 4.78 is 5.14. The molecule has 3 rings (SSSR count). The van der Waals surface area contributed by atoms with Crippen LogP contribution in [0.4, 0.5) is 5.00 Å². The number of aliphatic imine (C=N–C) groups is 1. The van der Waals surface area contributed by atoms with E-state index in [1.165, 1.54) is 34.4 Å². The van der Waals surface area contributed by atoms with E-state index in [9.17, 15) is 14.4 Å². The average molecular weight is 394 g/mol. The summed E-state index contributed by atoms with van der Waals surface area (Å²) in [6.45, 7) is 1.99. The van der Waals surface area contributed by atoms with Gasteiger partial charge in [-0.1, -0.05) is 6.07 Å². The average Bonchev–Trinajstić information content (AvgIpc) is 3.28. The molecule has 130 valence electrons. The van der Waals surface area contributed by atoms with Crippen LogP contribution in [0.3, 0.4) is 0 Å². The maximum absolute atomic E-state index is 12.4. The first kappa shape index (κ1) is 17.8. The summed E-state index contributed by atoms with van der Waals surface area (Å²) in [5, 5.41) is 7.45. The molecule has 0 saturated carbocycles. The molecule has 1 N–H and O–H groups in total. The van der Waals surface area contributed by atoms with Gasteiger partial charge in [-0.25, -0.2) is 9.79 Å². The first-order valence-electron chi connectivity index (χ1n) is 7.44. The predicted octanol–water partition coefficient (Wildman–Crippen LogP) is 3.65. The maximum Gasteiger partial charge on any atom is 0.341 e. The number of hydrogen-bond acceptors (Lipinski definition) is 7. The number of anilines is 1. The second-order valence-electron chi connectivity index (χ2n) is 4.96. The summed E-state index contributed by atoms with van der Waals surface area (Å²) in [5.41, 5.74) is 1.11. The van der Waals surface area contributed by atoms with E-state index >= 15 is 0 Å². The van der Waals surface area contributed by atoms with Gasteiger partial charge in [-0.3, -0.25) is 9.59 Å². The van der Waals surface area contributed by atoms with Crippen LogP contribution in [0.2, 0.25) is 0 Å². The zero-order chi connectivity index (χ0) is 17.8. The van der Waals surface area contributed by atoms with Gasteiger partial charge in [-0.05, 0) is 18.4 Å². The number of carbonyl (C=O) groups is 3. The standard InChI is InChI=1S/C16H14N2O4S3/c1-2-22-16(21)14-9(10-4-3-5-23-10)7-25-15(14)18-11(19)6-13-17-12(20)8-24-13/h3-5,7H,2,6,8H2,1H3,(H,18,19). The van der Waals surface area contributed by atoms with Crippen LogP contribution >= 0.6 is 34.4 Å². The van der Waals surface area contributed by atoms with E-state index < -0.39 is 5.97 Å². The Kier molecular flexibility index (Phi) is 5.67. The summed E-state index contributed by atoms with van der Waals surface area (Å²) in [6, 6.07) is 3.81. The highest BCUT2D eigenvalue weighted by molar-refractivity contribution is 8.15. The number of carbonyl (C=O) groups excluding carboxylic acids is 3. The van der Waals surface area contributed by atoms with Crippen molar-refractivity contribution in [1.29, 1.82) is 0 Å². The number of hydrogen-bond donors (Lipinski definition) is 1. The van der Waals surface area contributed by atoms with E-state index in [1.807, 2.05) is 22.9 Å². The van der Waals surface area contributed by atoms with E-state index in [1.54, 1.807) is 6.92 Å². The van der Waals surface area contributed by atoms with E-state index in [0.717, 1.165) is 10.4 Å². The molecule has 0 spiro atoms. The van der Waals surface area contributed by atoms with Gasteiger partial charge in [0, 0.05) is 15.8 Å². The van der Waals surface area contributed by atoms with Gasteiger partial charge in [-0.2, -0.15) is 0 Å². The number of ether oxygens (including phenoxy) is 1. The smallest absolute Gasteiger partial charge is 0.341 e. The molecular formula is C16H14N2O4S3. The zero-order valence-corrected chi connectivity index (χ0v) is 15.7. The van der Waals surface area contributed by atoms with E-state index in [0.29, 0.717) is 15.6 Å². The number of thioether (sulfide) groups is 1. The molecule has 2 aromatic rings. The molecule has 1 aliphatic rings. The molecule has 3 heterocycles. The third-order valence-corrected chi connectivity index (χ3v) is 5.99. The van der Waals surface area contributed by atoms with Crippen LogP contribution in [0.25, 0.3) is 10.4 Å². The highest BCUT2D eigenvalue weighted by Gasteiger charge is 2.24. The van der Waals surface area contributed by atoms with Gasteiger partial charge in [0.2, 0.25) is 5.91 Å². The molecule has 1 aliphatic heterocycles. The van der Waals surface area contributed by atoms with Crippen molar-refractivity contribution in [2.24, 2.45) is 4.99 Å². The maximum atomic E-state index is 12.4. The van der Waals surface area contributed by atoms with Crippen LogP contribution in [0.15, 0.2) is 27.9 Å². The Morgan fingerprint density at radius 2 is 2.20 bits per heavy atom. The Hall–Kier alpha value is -1.97. The highest BCUT2D eigenvalue weighted by atomic mass is 32.2. The molecule has 0 unspecified atom stereocenters. The van der Waals surface area contributed by atoms with Crippen molar-refractivity contribution in [1.82, 2.24) is 0 Å². The zero-order valence-electron chi connectivity index (χ0n) is 13.2. The van der Waals surface area contributed by atoms with Crippen molar-refractivity contribution in [3.8, 4) is 10.4 Å². The minimum atomic E-state index is -0.467. The Bertz CT molecular complexity index is 840. The number of rotatable bonds is 6. The predicted molar refractivity (Wildman–Crippen MR) is 102 cm³/mol. The first-order valence-corrected chi connectivity index (χ1v) is 10.2. The summed E-state index contributed by atoms with van der Waals surface area (Å²) in [5.74, 6) is -0.731. The third kappa shape index (κ3) is 4.17. The Morgan fingerprint density at radius 1 is 1.36 bits per heavy atom. The van der Waals surface area contributed by atoms with Crippen molar-refractivity contribution in [3.05, 3.63) is 28.5 Å². The van der Waals surface area contributed by atoms with Crippen LogP contribution < -0.4 is 5.32 Å². The number of esters is 1. The van der Waals surface area contributed by atoms with Crippen LogP contribution in [0, 0.1) is 0 Å². The fraction of sp³-hybridized carbons (Fsp3) is 0.250. The topological polar surface area (TPSA) is 84.8 Å². The van der Waals surface area contributed by atoms with Crippen LogP contribution in [-0.4, -0.2) is 35.2 Å². The lowest BCUT2D eigenvalue weighted by Crippen LogP contribution is -2.16. The number of nitrogens with one attached hydrogen (secondary N) is 1. The monoisotopic (exact) mass is 394 g/mol. The van der Waals surface area contributed by atoms with Gasteiger partial charge < -0.3 is 10.1 Å². The van der Waals surface area contributed by atoms with E-state index in [4.69, 9.17) is 4.74 Å². The summed E-state index contributed by atoms with van der Waals surface area (Å²) in [4.78, 5) is 40.5. The SMILES string of the molecule is CCOC(=O)c1c(-c2cccs2)csc1NC(=O)CC1=NC(=O)CS1. The summed E-state index contributed by atoms with van der Waals surface area (Å²) in [7, 11) is 0. The fourth-order valence-corrected chi connectivity index (χ4v) is 4.76. The summed E-state index contributed by atoms with van der Waals surface area (Å²) in [6.07, 6.45) is 0.0188. The second-order valence-corrected chi connectivity index (χ2v) is 7.84. The lowest BCUT2D eigenvalue weighted by molar-refractivity contribution is -0.115. The van der Waals surface area contributed by atoms with Crippen molar-refractivity contribution in [3.63, 3.8) is 0 Å². The van der Waals surface area contributed by atoms with Crippen molar-refractivity contribution in [2.45, 2.75) is 13.3 Å². The second kappa shape index (κ2) is 7.94. The molecular weight excluding hydrogens is 380 g/mol. The summed E-state index contributed by atoms with van der Waals surface area (Å²) >= 11 is 4.05. The largest absolute Gasteiger partial charge is 0.462 e. The first-order chi connectivity index (χ1) is 12.1. The number of nitrogens with zero attached hydrogens (tertiary/aromatic N) is 1. The van der Waals surface area contributed by atoms with E-state index in [2.05, 4.69) is 10.3 Å². The highest BCUT2D eigenvalue weighted by Crippen LogP contribution is 2.38. The molecule has 0 aromatic carbocycles. The minimum Gasteiger partial charge on any atom is -0.462 e. The van der Waals surface area contributed by atoms with Gasteiger partial charge in [0.15, 0.2) is 0 Å². The number of amides is 2.